The van der Waals surface area contributed by atoms with Crippen LogP contribution in [0.15, 0.2) is 46.9 Å². The molecule has 3 aromatic heterocycles. The lowest BCUT2D eigenvalue weighted by atomic mass is 10.1. The van der Waals surface area contributed by atoms with Crippen molar-refractivity contribution in [2.45, 2.75) is 50.1 Å². The Hall–Kier alpha value is -3.55. The molecule has 208 valence electrons. The highest BCUT2D eigenvalue weighted by atomic mass is 32.2. The van der Waals surface area contributed by atoms with E-state index >= 15 is 0 Å². The van der Waals surface area contributed by atoms with Gasteiger partial charge in [-0.3, -0.25) is 14.2 Å². The van der Waals surface area contributed by atoms with Crippen LogP contribution < -0.4 is 10.6 Å². The van der Waals surface area contributed by atoms with Crippen LogP contribution in [0.25, 0.3) is 5.69 Å². The van der Waals surface area contributed by atoms with Gasteiger partial charge in [0.1, 0.15) is 10.8 Å². The maximum Gasteiger partial charge on any atom is 0.341 e. The van der Waals surface area contributed by atoms with E-state index in [1.165, 1.54) is 46.6 Å². The summed E-state index contributed by atoms with van der Waals surface area (Å²) in [5, 5.41) is 16.4. The SMILES string of the molecule is CCOC(=O)c1c(NC(=O)[C@H](C)Sc2nnc(CNC(=O)c3cccs3)n2-c2ccc(F)cc2)sc2c1CCC2. The van der Waals surface area contributed by atoms with Crippen LogP contribution in [0.4, 0.5) is 9.39 Å². The van der Waals surface area contributed by atoms with Crippen molar-refractivity contribution in [3.05, 3.63) is 74.3 Å². The van der Waals surface area contributed by atoms with Crippen molar-refractivity contribution in [2.24, 2.45) is 0 Å². The second-order valence-corrected chi connectivity index (χ2v) is 12.3. The molecule has 4 aromatic rings. The van der Waals surface area contributed by atoms with Crippen LogP contribution >= 0.6 is 34.4 Å². The summed E-state index contributed by atoms with van der Waals surface area (Å²) in [5.74, 6) is -0.956. The predicted molar refractivity (Wildman–Crippen MR) is 153 cm³/mol. The second kappa shape index (κ2) is 12.3. The summed E-state index contributed by atoms with van der Waals surface area (Å²) >= 11 is 3.91. The molecule has 0 spiro atoms. The van der Waals surface area contributed by atoms with Gasteiger partial charge in [-0.15, -0.1) is 32.9 Å². The standard InChI is InChI=1S/C27H26FN5O4S3/c1-3-37-26(36)22-18-6-4-7-19(18)40-25(22)30-23(34)15(2)39-27-32-31-21(14-29-24(35)20-8-5-13-38-20)33(27)17-11-9-16(28)10-12-17/h5,8-13,15H,3-4,6-7,14H2,1-2H3,(H,29,35)(H,30,34)/t15-/m0/s1. The lowest BCUT2D eigenvalue weighted by molar-refractivity contribution is -0.115. The third-order valence-corrected chi connectivity index (χ3v) is 9.34. The number of aromatic nitrogens is 3. The van der Waals surface area contributed by atoms with Gasteiger partial charge in [-0.1, -0.05) is 17.8 Å². The van der Waals surface area contributed by atoms with Crippen molar-refractivity contribution in [1.82, 2.24) is 20.1 Å². The van der Waals surface area contributed by atoms with Gasteiger partial charge in [-0.25, -0.2) is 9.18 Å². The third kappa shape index (κ3) is 5.96. The maximum atomic E-state index is 13.7. The average Bonchev–Trinajstić information content (AvgIpc) is 3.73. The number of thiophene rings is 2. The van der Waals surface area contributed by atoms with Gasteiger partial charge in [0.2, 0.25) is 5.91 Å². The van der Waals surface area contributed by atoms with E-state index in [0.717, 1.165) is 29.7 Å². The van der Waals surface area contributed by atoms with Gasteiger partial charge in [0.15, 0.2) is 11.0 Å². The third-order valence-electron chi connectivity index (χ3n) is 6.23. The number of carbonyl (C=O) groups excluding carboxylic acids is 3. The van der Waals surface area contributed by atoms with E-state index in [2.05, 4.69) is 20.8 Å². The lowest BCUT2D eigenvalue weighted by Gasteiger charge is -2.14. The van der Waals surface area contributed by atoms with E-state index in [4.69, 9.17) is 4.74 Å². The zero-order valence-corrected chi connectivity index (χ0v) is 24.2. The number of amides is 2. The van der Waals surface area contributed by atoms with E-state index < -0.39 is 17.0 Å². The number of fused-ring (bicyclic) bond motifs is 1. The Bertz CT molecular complexity index is 1530. The minimum Gasteiger partial charge on any atom is -0.462 e. The number of ether oxygens (including phenoxy) is 1. The molecule has 5 rings (SSSR count). The fourth-order valence-electron chi connectivity index (χ4n) is 4.33. The van der Waals surface area contributed by atoms with Crippen LogP contribution in [-0.2, 0) is 28.9 Å². The topological polar surface area (TPSA) is 115 Å². The van der Waals surface area contributed by atoms with Crippen LogP contribution in [0.2, 0.25) is 0 Å². The molecule has 0 fully saturated rings. The number of hydrogen-bond acceptors (Lipinski definition) is 9. The number of rotatable bonds is 10. The van der Waals surface area contributed by atoms with E-state index in [1.54, 1.807) is 42.7 Å². The smallest absolute Gasteiger partial charge is 0.341 e. The number of esters is 1. The van der Waals surface area contributed by atoms with Crippen LogP contribution in [0.1, 0.15) is 56.6 Å². The molecule has 2 amide bonds. The number of nitrogens with zero attached hydrogens (tertiary/aromatic N) is 3. The van der Waals surface area contributed by atoms with E-state index in [1.807, 2.05) is 5.38 Å². The van der Waals surface area contributed by atoms with Gasteiger partial charge in [-0.2, -0.15) is 0 Å². The van der Waals surface area contributed by atoms with Crippen molar-refractivity contribution in [3.8, 4) is 5.69 Å². The number of nitrogens with one attached hydrogen (secondary N) is 2. The largest absolute Gasteiger partial charge is 0.462 e. The monoisotopic (exact) mass is 599 g/mol. The minimum absolute atomic E-state index is 0.0753. The van der Waals surface area contributed by atoms with E-state index in [-0.39, 0.29) is 25.0 Å². The average molecular weight is 600 g/mol. The Morgan fingerprint density at radius 2 is 1.98 bits per heavy atom. The summed E-state index contributed by atoms with van der Waals surface area (Å²) in [7, 11) is 0. The van der Waals surface area contributed by atoms with Gasteiger partial charge in [0, 0.05) is 10.6 Å². The molecule has 40 heavy (non-hydrogen) atoms. The van der Waals surface area contributed by atoms with Gasteiger partial charge in [0.25, 0.3) is 5.91 Å². The zero-order valence-electron chi connectivity index (χ0n) is 21.7. The molecule has 1 aliphatic carbocycles. The Balaban J connectivity index is 1.36. The molecule has 1 atom stereocenters. The highest BCUT2D eigenvalue weighted by Gasteiger charge is 2.30. The fourth-order valence-corrected chi connectivity index (χ4v) is 7.14. The molecule has 0 unspecified atom stereocenters. The highest BCUT2D eigenvalue weighted by Crippen LogP contribution is 2.40. The predicted octanol–water partition coefficient (Wildman–Crippen LogP) is 5.24. The van der Waals surface area contributed by atoms with Gasteiger partial charge in [0.05, 0.1) is 28.8 Å². The molecular formula is C27H26FN5O4S3. The number of hydrogen-bond donors (Lipinski definition) is 2. The molecule has 0 aliphatic heterocycles. The summed E-state index contributed by atoms with van der Waals surface area (Å²) in [4.78, 5) is 40.1. The molecule has 13 heteroatoms. The molecule has 0 bridgehead atoms. The number of anilines is 1. The summed E-state index contributed by atoms with van der Waals surface area (Å²) in [6, 6.07) is 9.32. The number of benzene rings is 1. The minimum atomic E-state index is -0.621. The van der Waals surface area contributed by atoms with Crippen molar-refractivity contribution >= 4 is 57.2 Å². The van der Waals surface area contributed by atoms with Crippen molar-refractivity contribution in [3.63, 3.8) is 0 Å². The van der Waals surface area contributed by atoms with Gasteiger partial charge in [-0.05, 0) is 74.4 Å². The molecule has 0 saturated carbocycles. The molecule has 0 radical (unpaired) electrons. The van der Waals surface area contributed by atoms with Gasteiger partial charge >= 0.3 is 5.97 Å². The summed E-state index contributed by atoms with van der Waals surface area (Å²) in [6.45, 7) is 3.80. The molecule has 9 nitrogen and oxygen atoms in total. The molecule has 1 aromatic carbocycles. The van der Waals surface area contributed by atoms with Crippen LogP contribution in [-0.4, -0.2) is 44.4 Å². The normalized spacial score (nSPS) is 13.1. The molecule has 2 N–H and O–H groups in total. The van der Waals surface area contributed by atoms with Crippen LogP contribution in [0.5, 0.6) is 0 Å². The zero-order chi connectivity index (χ0) is 28.2. The summed E-state index contributed by atoms with van der Waals surface area (Å²) < 4.78 is 20.6. The first-order valence-electron chi connectivity index (χ1n) is 12.7. The first kappa shape index (κ1) is 28.0. The first-order chi connectivity index (χ1) is 19.4. The summed E-state index contributed by atoms with van der Waals surface area (Å²) in [5.41, 5.74) is 1.99. The Labute approximate surface area is 242 Å². The Morgan fingerprint density at radius 3 is 2.70 bits per heavy atom. The second-order valence-electron chi connectivity index (χ2n) is 8.90. The number of aryl methyl sites for hydroxylation is 1. The van der Waals surface area contributed by atoms with E-state index in [9.17, 15) is 18.8 Å². The van der Waals surface area contributed by atoms with Crippen LogP contribution in [0.3, 0.4) is 0 Å². The molecular weight excluding hydrogens is 574 g/mol. The van der Waals surface area contributed by atoms with Crippen molar-refractivity contribution in [1.29, 1.82) is 0 Å². The lowest BCUT2D eigenvalue weighted by Crippen LogP contribution is -2.25. The van der Waals surface area contributed by atoms with Gasteiger partial charge < -0.3 is 15.4 Å². The van der Waals surface area contributed by atoms with Crippen LogP contribution in [0, 0.1) is 5.82 Å². The van der Waals surface area contributed by atoms with E-state index in [0.29, 0.717) is 32.1 Å². The first-order valence-corrected chi connectivity index (χ1v) is 15.2. The summed E-state index contributed by atoms with van der Waals surface area (Å²) in [6.07, 6.45) is 2.63. The maximum absolute atomic E-state index is 13.7. The highest BCUT2D eigenvalue weighted by molar-refractivity contribution is 8.00. The molecule has 3 heterocycles. The molecule has 1 aliphatic rings. The number of carbonyl (C=O) groups is 3. The fraction of sp³-hybridized carbons (Fsp3) is 0.296. The van der Waals surface area contributed by atoms with Crippen molar-refractivity contribution in [2.75, 3.05) is 11.9 Å². The number of thioether (sulfide) groups is 1. The quantitative estimate of drug-likeness (QED) is 0.189. The Morgan fingerprint density at radius 1 is 1.18 bits per heavy atom. The number of halogens is 1. The Kier molecular flexibility index (Phi) is 8.62. The van der Waals surface area contributed by atoms with Crippen molar-refractivity contribution < 1.29 is 23.5 Å². The molecule has 0 saturated heterocycles.